The number of para-hydroxylation sites is 1. The van der Waals surface area contributed by atoms with Crippen LogP contribution in [0.5, 0.6) is 0 Å². The van der Waals surface area contributed by atoms with E-state index < -0.39 is 18.1 Å². The number of fused-ring (bicyclic) bond motifs is 4. The highest BCUT2D eigenvalue weighted by Crippen LogP contribution is 2.39. The Morgan fingerprint density at radius 2 is 1.61 bits per heavy atom. The highest BCUT2D eigenvalue weighted by Gasteiger charge is 2.34. The third kappa shape index (κ3) is 9.46. The number of nitrogens with zero attached hydrogens (tertiary/aromatic N) is 2. The molecule has 0 unspecified atom stereocenters. The summed E-state index contributed by atoms with van der Waals surface area (Å²) in [5, 5.41) is 14.3. The molecule has 0 aliphatic carbocycles. The molecule has 1 aliphatic rings. The largest absolute Gasteiger partial charge is 0.361 e. The normalized spacial score (nSPS) is 18.5. The standard InChI is InChI=1S/C44H45Cl2N7O3S/c1-53-39(22-30-25-49-36-16-5-4-15-34(30)36)42(55)51-26-31-20-32(45)23-35(46)40(31)57-43-29(13-9-19-48-43)24-50-38(41(54)52-37(44(53)56)17-6-7-18-47)21-28-12-8-11-27-10-2-3-14-33(27)28/h2-5,8-16,19-20,23,25,37-39,49-50H,6-7,17-18,21-22,24,26,47H2,1H3,(H,51,55)(H,52,54)/t37-,38-,39-/m0/s1. The maximum absolute atomic E-state index is 14.7. The van der Waals surface area contributed by atoms with Crippen LogP contribution in [0.4, 0.5) is 0 Å². The fourth-order valence-electron chi connectivity index (χ4n) is 7.42. The van der Waals surface area contributed by atoms with Gasteiger partial charge in [-0.15, -0.1) is 0 Å². The van der Waals surface area contributed by atoms with Crippen molar-refractivity contribution in [2.24, 2.45) is 5.73 Å². The second kappa shape index (κ2) is 18.6. The van der Waals surface area contributed by atoms with E-state index in [2.05, 4.69) is 27.0 Å². The first-order chi connectivity index (χ1) is 27.7. The Kier molecular flexibility index (Phi) is 13.1. The quantitative estimate of drug-likeness (QED) is 0.102. The molecule has 7 rings (SSSR count). The van der Waals surface area contributed by atoms with Crippen molar-refractivity contribution in [2.45, 2.75) is 73.2 Å². The number of nitrogens with two attached hydrogens (primary N) is 1. The zero-order valence-electron chi connectivity index (χ0n) is 31.6. The Balaban J connectivity index is 1.31. The second-order valence-electron chi connectivity index (χ2n) is 14.3. The van der Waals surface area contributed by atoms with Crippen LogP contribution in [0.2, 0.25) is 10.0 Å². The molecule has 13 heteroatoms. The van der Waals surface area contributed by atoms with Crippen molar-refractivity contribution in [3.8, 4) is 0 Å². The van der Waals surface area contributed by atoms with Crippen LogP contribution in [-0.4, -0.2) is 64.3 Å². The monoisotopic (exact) mass is 821 g/mol. The molecule has 3 atom stereocenters. The highest BCUT2D eigenvalue weighted by atomic mass is 35.5. The maximum Gasteiger partial charge on any atom is 0.245 e. The first kappa shape index (κ1) is 40.3. The van der Waals surface area contributed by atoms with Gasteiger partial charge in [0.25, 0.3) is 0 Å². The fraction of sp³-hybridized carbons (Fsp3) is 0.273. The van der Waals surface area contributed by atoms with E-state index in [1.54, 1.807) is 25.4 Å². The second-order valence-corrected chi connectivity index (χ2v) is 16.2. The van der Waals surface area contributed by atoms with Crippen LogP contribution in [0, 0.1) is 0 Å². The number of likely N-dealkylation sites (N-methyl/N-ethyl adjacent to an activating group) is 1. The van der Waals surface area contributed by atoms with Crippen molar-refractivity contribution >= 4 is 74.4 Å². The van der Waals surface area contributed by atoms with Crippen molar-refractivity contribution < 1.29 is 14.4 Å². The third-order valence-corrected chi connectivity index (χ3v) is 12.4. The molecule has 4 aromatic carbocycles. The molecule has 0 fully saturated rings. The minimum atomic E-state index is -0.931. The fourth-order valence-corrected chi connectivity index (χ4v) is 9.07. The number of pyridine rings is 1. The van der Waals surface area contributed by atoms with Gasteiger partial charge in [0.1, 0.15) is 17.1 Å². The Morgan fingerprint density at radius 1 is 0.825 bits per heavy atom. The van der Waals surface area contributed by atoms with Gasteiger partial charge in [-0.05, 0) is 89.5 Å². The molecule has 0 spiro atoms. The predicted molar refractivity (Wildman–Crippen MR) is 228 cm³/mol. The van der Waals surface area contributed by atoms with Crippen molar-refractivity contribution in [3.05, 3.63) is 136 Å². The van der Waals surface area contributed by atoms with Crippen LogP contribution in [-0.2, 0) is 40.3 Å². The summed E-state index contributed by atoms with van der Waals surface area (Å²) in [6, 6.07) is 26.7. The molecule has 0 radical (unpaired) electrons. The minimum absolute atomic E-state index is 0.0953. The van der Waals surface area contributed by atoms with Crippen molar-refractivity contribution in [1.29, 1.82) is 0 Å². The molecule has 3 amide bonds. The van der Waals surface area contributed by atoms with E-state index in [0.717, 1.165) is 38.4 Å². The number of amides is 3. The summed E-state index contributed by atoms with van der Waals surface area (Å²) >= 11 is 14.8. The number of unbranched alkanes of at least 4 members (excludes halogenated alkanes) is 1. The molecule has 0 bridgehead atoms. The molecule has 6 aromatic rings. The van der Waals surface area contributed by atoms with E-state index >= 15 is 0 Å². The van der Waals surface area contributed by atoms with E-state index in [-0.39, 0.29) is 30.7 Å². The molecular weight excluding hydrogens is 778 g/mol. The number of halogens is 2. The van der Waals surface area contributed by atoms with Gasteiger partial charge < -0.3 is 31.6 Å². The number of aromatic amines is 1. The van der Waals surface area contributed by atoms with Crippen LogP contribution < -0.4 is 21.7 Å². The van der Waals surface area contributed by atoms with Crippen molar-refractivity contribution in [2.75, 3.05) is 13.6 Å². The average molecular weight is 823 g/mol. The summed E-state index contributed by atoms with van der Waals surface area (Å²) < 4.78 is 0. The first-order valence-corrected chi connectivity index (χ1v) is 20.7. The molecule has 294 valence electrons. The number of nitrogens with one attached hydrogen (secondary N) is 4. The Morgan fingerprint density at radius 3 is 2.46 bits per heavy atom. The van der Waals surface area contributed by atoms with Gasteiger partial charge in [-0.3, -0.25) is 14.4 Å². The minimum Gasteiger partial charge on any atom is -0.361 e. The number of benzene rings is 4. The van der Waals surface area contributed by atoms with Gasteiger partial charge in [0.2, 0.25) is 17.7 Å². The van der Waals surface area contributed by atoms with E-state index in [1.807, 2.05) is 79.0 Å². The number of hydrogen-bond acceptors (Lipinski definition) is 7. The summed E-state index contributed by atoms with van der Waals surface area (Å²) in [5.41, 5.74) is 10.2. The third-order valence-electron chi connectivity index (χ3n) is 10.5. The van der Waals surface area contributed by atoms with E-state index in [4.69, 9.17) is 33.9 Å². The first-order valence-electron chi connectivity index (χ1n) is 19.1. The SMILES string of the molecule is CN1C(=O)[C@H](CCCCN)NC(=O)[C@H](Cc2cccc3ccccc23)NCc2cccnc2Sc2c(Cl)cc(Cl)cc2CNC(=O)[C@@H]1Cc1c[nH]c2ccccc12. The van der Waals surface area contributed by atoms with Gasteiger partial charge in [-0.25, -0.2) is 4.98 Å². The number of aromatic nitrogens is 2. The van der Waals surface area contributed by atoms with E-state index in [9.17, 15) is 14.4 Å². The summed E-state index contributed by atoms with van der Waals surface area (Å²) in [6.07, 6.45) is 5.79. The van der Waals surface area contributed by atoms with Gasteiger partial charge in [0.15, 0.2) is 0 Å². The van der Waals surface area contributed by atoms with Crippen LogP contribution in [0.25, 0.3) is 21.7 Å². The summed E-state index contributed by atoms with van der Waals surface area (Å²) in [4.78, 5) is 53.9. The van der Waals surface area contributed by atoms with Gasteiger partial charge in [-0.1, -0.05) is 102 Å². The number of carbonyl (C=O) groups excluding carboxylic acids is 3. The maximum atomic E-state index is 14.7. The van der Waals surface area contributed by atoms with E-state index in [1.165, 1.54) is 16.7 Å². The molecular formula is C44H45Cl2N7O3S. The highest BCUT2D eigenvalue weighted by molar-refractivity contribution is 7.99. The zero-order chi connectivity index (χ0) is 39.9. The van der Waals surface area contributed by atoms with E-state index in [0.29, 0.717) is 64.3 Å². The Labute approximate surface area is 346 Å². The lowest BCUT2D eigenvalue weighted by Crippen LogP contribution is -2.57. The van der Waals surface area contributed by atoms with Crippen LogP contribution in [0.1, 0.15) is 41.5 Å². The number of carbonyl (C=O) groups is 3. The molecule has 2 aromatic heterocycles. The lowest BCUT2D eigenvalue weighted by Gasteiger charge is -2.32. The molecule has 6 N–H and O–H groups in total. The lowest BCUT2D eigenvalue weighted by molar-refractivity contribution is -0.142. The molecule has 10 nitrogen and oxygen atoms in total. The zero-order valence-corrected chi connectivity index (χ0v) is 33.9. The molecule has 57 heavy (non-hydrogen) atoms. The van der Waals surface area contributed by atoms with Gasteiger partial charge in [0.05, 0.1) is 11.1 Å². The lowest BCUT2D eigenvalue weighted by atomic mass is 9.97. The number of hydrogen-bond donors (Lipinski definition) is 5. The molecule has 1 aliphatic heterocycles. The molecule has 0 saturated carbocycles. The van der Waals surface area contributed by atoms with Crippen LogP contribution >= 0.6 is 35.0 Å². The topological polar surface area (TPSA) is 145 Å². The summed E-state index contributed by atoms with van der Waals surface area (Å²) in [7, 11) is 1.63. The smallest absolute Gasteiger partial charge is 0.245 e. The van der Waals surface area contributed by atoms with Crippen molar-refractivity contribution in [3.63, 3.8) is 0 Å². The van der Waals surface area contributed by atoms with Crippen LogP contribution in [0.3, 0.4) is 0 Å². The van der Waals surface area contributed by atoms with Gasteiger partial charge >= 0.3 is 0 Å². The Bertz CT molecular complexity index is 2400. The summed E-state index contributed by atoms with van der Waals surface area (Å²) in [5.74, 6) is -1.07. The van der Waals surface area contributed by atoms with Crippen LogP contribution in [0.15, 0.2) is 113 Å². The molecule has 0 saturated heterocycles. The number of H-pyrrole nitrogens is 1. The predicted octanol–water partition coefficient (Wildman–Crippen LogP) is 7.19. The van der Waals surface area contributed by atoms with Gasteiger partial charge in [0, 0.05) is 59.8 Å². The molecule has 3 heterocycles. The van der Waals surface area contributed by atoms with Crippen molar-refractivity contribution in [1.82, 2.24) is 30.8 Å². The average Bonchev–Trinajstić information content (AvgIpc) is 3.63. The Hall–Kier alpha value is -4.91. The number of rotatable bonds is 8. The summed E-state index contributed by atoms with van der Waals surface area (Å²) in [6.45, 7) is 0.843. The van der Waals surface area contributed by atoms with Gasteiger partial charge in [-0.2, -0.15) is 0 Å².